The molecule has 0 spiro atoms. The fourth-order valence-electron chi connectivity index (χ4n) is 3.19. The van der Waals surface area contributed by atoms with Crippen molar-refractivity contribution in [2.75, 3.05) is 13.1 Å². The molecule has 2 aromatic heterocycles. The van der Waals surface area contributed by atoms with Crippen LogP contribution in [0.15, 0.2) is 40.9 Å². The number of nitrogens with one attached hydrogen (secondary N) is 1. The number of carbonyl (C=O) groups is 3. The Morgan fingerprint density at radius 3 is 2.72 bits per heavy atom. The van der Waals surface area contributed by atoms with Crippen LogP contribution in [-0.2, 0) is 9.53 Å². The Kier molecular flexibility index (Phi) is 4.71. The van der Waals surface area contributed by atoms with Crippen LogP contribution < -0.4 is 5.32 Å². The number of rotatable bonds is 4. The second-order valence-corrected chi connectivity index (χ2v) is 6.64. The van der Waals surface area contributed by atoms with E-state index >= 15 is 0 Å². The number of hydrogen-bond donors (Lipinski definition) is 1. The molecule has 1 N–H and O–H groups in total. The number of imide groups is 1. The van der Waals surface area contributed by atoms with E-state index in [1.54, 1.807) is 13.0 Å². The average molecular weight is 394 g/mol. The highest BCUT2D eigenvalue weighted by molar-refractivity contribution is 6.05. The summed E-state index contributed by atoms with van der Waals surface area (Å²) < 4.78 is 10.6. The zero-order valence-electron chi connectivity index (χ0n) is 15.8. The Bertz CT molecular complexity index is 1110. The minimum absolute atomic E-state index is 0.193. The van der Waals surface area contributed by atoms with Crippen LogP contribution in [0.1, 0.15) is 23.0 Å². The van der Waals surface area contributed by atoms with Crippen molar-refractivity contribution in [2.45, 2.75) is 20.0 Å². The maximum absolute atomic E-state index is 12.9. The van der Waals surface area contributed by atoms with Gasteiger partial charge in [-0.3, -0.25) is 9.69 Å². The molecule has 29 heavy (non-hydrogen) atoms. The van der Waals surface area contributed by atoms with Crippen LogP contribution in [0.25, 0.3) is 22.4 Å². The van der Waals surface area contributed by atoms with E-state index < -0.39 is 24.0 Å². The molecule has 3 amide bonds. The van der Waals surface area contributed by atoms with Crippen LogP contribution in [0.4, 0.5) is 4.79 Å². The molecular formula is C20H18N4O5. The third kappa shape index (κ3) is 3.42. The van der Waals surface area contributed by atoms with Crippen molar-refractivity contribution < 1.29 is 23.6 Å². The normalized spacial score (nSPS) is 14.7. The Morgan fingerprint density at radius 2 is 2.03 bits per heavy atom. The minimum Gasteiger partial charge on any atom is -0.449 e. The second-order valence-electron chi connectivity index (χ2n) is 6.64. The highest BCUT2D eigenvalue weighted by Gasteiger charge is 2.32. The Morgan fingerprint density at radius 1 is 1.28 bits per heavy atom. The Balaban J connectivity index is 1.67. The maximum atomic E-state index is 12.9. The summed E-state index contributed by atoms with van der Waals surface area (Å²) in [5.74, 6) is -1.30. The van der Waals surface area contributed by atoms with Crippen molar-refractivity contribution in [3.05, 3.63) is 47.7 Å². The molecule has 3 aromatic rings. The largest absolute Gasteiger partial charge is 0.449 e. The number of amides is 3. The molecule has 1 fully saturated rings. The smallest absolute Gasteiger partial charge is 0.339 e. The summed E-state index contributed by atoms with van der Waals surface area (Å²) in [7, 11) is 0. The fourth-order valence-corrected chi connectivity index (χ4v) is 3.19. The molecule has 1 aromatic carbocycles. The monoisotopic (exact) mass is 394 g/mol. The predicted octanol–water partition coefficient (Wildman–Crippen LogP) is 2.30. The number of esters is 1. The molecule has 0 radical (unpaired) electrons. The lowest BCUT2D eigenvalue weighted by Crippen LogP contribution is -2.41. The van der Waals surface area contributed by atoms with E-state index in [1.807, 2.05) is 30.3 Å². The number of aromatic nitrogens is 2. The number of urea groups is 1. The van der Waals surface area contributed by atoms with Gasteiger partial charge in [-0.1, -0.05) is 35.5 Å². The molecule has 1 atom stereocenters. The third-order valence-corrected chi connectivity index (χ3v) is 4.66. The molecule has 148 valence electrons. The van der Waals surface area contributed by atoms with E-state index in [-0.39, 0.29) is 17.8 Å². The van der Waals surface area contributed by atoms with Crippen LogP contribution in [0, 0.1) is 6.92 Å². The molecule has 0 saturated carbocycles. The Hall–Kier alpha value is -3.75. The molecule has 9 nitrogen and oxygen atoms in total. The fraction of sp³-hybridized carbons (Fsp3) is 0.250. The quantitative estimate of drug-likeness (QED) is 0.675. The van der Waals surface area contributed by atoms with Crippen LogP contribution in [0.3, 0.4) is 0 Å². The van der Waals surface area contributed by atoms with E-state index in [9.17, 15) is 14.4 Å². The van der Waals surface area contributed by atoms with Gasteiger partial charge in [0.1, 0.15) is 0 Å². The number of pyridine rings is 1. The number of hydrogen-bond acceptors (Lipinski definition) is 7. The van der Waals surface area contributed by atoms with E-state index in [1.165, 1.54) is 6.92 Å². The summed E-state index contributed by atoms with van der Waals surface area (Å²) in [6.07, 6.45) is -1.13. The first kappa shape index (κ1) is 18.6. The van der Waals surface area contributed by atoms with Crippen molar-refractivity contribution in [2.24, 2.45) is 0 Å². The first-order chi connectivity index (χ1) is 14.0. The van der Waals surface area contributed by atoms with Gasteiger partial charge in [-0.25, -0.2) is 14.6 Å². The number of fused-ring (bicyclic) bond motifs is 1. The van der Waals surface area contributed by atoms with Gasteiger partial charge in [0.05, 0.1) is 22.3 Å². The van der Waals surface area contributed by atoms with Crippen molar-refractivity contribution in [1.29, 1.82) is 0 Å². The molecule has 9 heteroatoms. The lowest BCUT2D eigenvalue weighted by atomic mass is 10.1. The lowest BCUT2D eigenvalue weighted by Gasteiger charge is -2.18. The van der Waals surface area contributed by atoms with Gasteiger partial charge in [-0.05, 0) is 19.9 Å². The van der Waals surface area contributed by atoms with Gasteiger partial charge in [-0.2, -0.15) is 0 Å². The first-order valence-corrected chi connectivity index (χ1v) is 9.08. The number of aryl methyl sites for hydroxylation is 1. The summed E-state index contributed by atoms with van der Waals surface area (Å²) in [4.78, 5) is 42.5. The van der Waals surface area contributed by atoms with Gasteiger partial charge >= 0.3 is 12.0 Å². The van der Waals surface area contributed by atoms with Crippen molar-refractivity contribution >= 4 is 29.0 Å². The molecule has 1 saturated heterocycles. The molecule has 1 aliphatic heterocycles. The standard InChI is InChI=1S/C20H18N4O5/c1-11-16-14(19(26)28-12(2)18(25)24-9-8-21-20(24)27)10-15(22-17(16)29-23-11)13-6-4-3-5-7-13/h3-7,10,12H,8-9H2,1-2H3,(H,21,27). The molecule has 1 aliphatic rings. The summed E-state index contributed by atoms with van der Waals surface area (Å²) in [5.41, 5.74) is 2.18. The number of carbonyl (C=O) groups excluding carboxylic acids is 3. The van der Waals surface area contributed by atoms with E-state index in [0.717, 1.165) is 10.5 Å². The first-order valence-electron chi connectivity index (χ1n) is 9.08. The second kappa shape index (κ2) is 7.34. The number of ether oxygens (including phenoxy) is 1. The topological polar surface area (TPSA) is 115 Å². The van der Waals surface area contributed by atoms with Gasteiger partial charge in [0.15, 0.2) is 6.10 Å². The van der Waals surface area contributed by atoms with Gasteiger partial charge in [0.25, 0.3) is 11.6 Å². The highest BCUT2D eigenvalue weighted by atomic mass is 16.5. The SMILES string of the molecule is Cc1noc2nc(-c3ccccc3)cc(C(=O)OC(C)C(=O)N3CCNC3=O)c12. The maximum Gasteiger partial charge on any atom is 0.339 e. The van der Waals surface area contributed by atoms with Crippen LogP contribution >= 0.6 is 0 Å². The van der Waals surface area contributed by atoms with Crippen molar-refractivity contribution in [3.63, 3.8) is 0 Å². The van der Waals surface area contributed by atoms with Crippen molar-refractivity contribution in [3.8, 4) is 11.3 Å². The molecular weight excluding hydrogens is 376 g/mol. The van der Waals surface area contributed by atoms with E-state index in [2.05, 4.69) is 15.5 Å². The van der Waals surface area contributed by atoms with E-state index in [0.29, 0.717) is 23.3 Å². The summed E-state index contributed by atoms with van der Waals surface area (Å²) >= 11 is 0. The third-order valence-electron chi connectivity index (χ3n) is 4.66. The van der Waals surface area contributed by atoms with Crippen LogP contribution in [-0.4, -0.2) is 52.1 Å². The van der Waals surface area contributed by atoms with Gasteiger partial charge < -0.3 is 14.6 Å². The number of nitrogens with zero attached hydrogens (tertiary/aromatic N) is 3. The minimum atomic E-state index is -1.13. The molecule has 1 unspecified atom stereocenters. The summed E-state index contributed by atoms with van der Waals surface area (Å²) in [6.45, 7) is 3.73. The Labute approximate surface area is 165 Å². The zero-order valence-corrected chi connectivity index (χ0v) is 15.8. The summed E-state index contributed by atoms with van der Waals surface area (Å²) in [5, 5.41) is 6.85. The van der Waals surface area contributed by atoms with Gasteiger partial charge in [0.2, 0.25) is 0 Å². The summed E-state index contributed by atoms with van der Waals surface area (Å²) in [6, 6.07) is 10.4. The zero-order chi connectivity index (χ0) is 20.5. The lowest BCUT2D eigenvalue weighted by molar-refractivity contribution is -0.136. The average Bonchev–Trinajstić information content (AvgIpc) is 3.33. The van der Waals surface area contributed by atoms with E-state index in [4.69, 9.17) is 9.26 Å². The number of benzene rings is 1. The van der Waals surface area contributed by atoms with Gasteiger partial charge in [-0.15, -0.1) is 0 Å². The highest BCUT2D eigenvalue weighted by Crippen LogP contribution is 2.27. The molecule has 4 rings (SSSR count). The van der Waals surface area contributed by atoms with Crippen LogP contribution in [0.2, 0.25) is 0 Å². The predicted molar refractivity (Wildman–Crippen MR) is 102 cm³/mol. The molecule has 0 aliphatic carbocycles. The van der Waals surface area contributed by atoms with Gasteiger partial charge in [0, 0.05) is 18.7 Å². The van der Waals surface area contributed by atoms with Crippen molar-refractivity contribution in [1.82, 2.24) is 20.4 Å². The molecule has 0 bridgehead atoms. The van der Waals surface area contributed by atoms with Crippen LogP contribution in [0.5, 0.6) is 0 Å². The molecule has 3 heterocycles.